The normalized spacial score (nSPS) is 15.0. The maximum Gasteiger partial charge on any atom is 0.420 e. The number of nitrogens with one attached hydrogen (secondary N) is 2. The molecule has 1 atom stereocenters. The number of oxazole rings is 1. The van der Waals surface area contributed by atoms with Crippen molar-refractivity contribution in [3.63, 3.8) is 0 Å². The Hall–Kier alpha value is -3.83. The number of sulfonamides is 1. The average Bonchev–Trinajstić information content (AvgIpc) is 3.18. The maximum absolute atomic E-state index is 15.1. The number of halogens is 2. The third-order valence-electron chi connectivity index (χ3n) is 6.06. The van der Waals surface area contributed by atoms with Gasteiger partial charge in [0.1, 0.15) is 16.5 Å². The number of fused-ring (bicyclic) bond motifs is 1. The second-order valence-corrected chi connectivity index (χ2v) is 10.1. The van der Waals surface area contributed by atoms with E-state index >= 15 is 4.39 Å². The van der Waals surface area contributed by atoms with Gasteiger partial charge in [0.15, 0.2) is 5.58 Å². The molecule has 11 heteroatoms. The van der Waals surface area contributed by atoms with E-state index in [2.05, 4.69) is 16.4 Å². The summed E-state index contributed by atoms with van der Waals surface area (Å²) in [5, 5.41) is 3.33. The zero-order valence-corrected chi connectivity index (χ0v) is 20.0. The second kappa shape index (κ2) is 9.32. The number of nitrogens with zero attached hydrogens (tertiary/aromatic N) is 2. The van der Waals surface area contributed by atoms with Crippen LogP contribution in [0.1, 0.15) is 30.5 Å². The SMILES string of the molecule is C[C@H](c1cccc(C2=CCCNC2)c1)n1c(=O)oc2cc(S(=O)(=O)Nc3cccc(F)n3)c(F)cc21. The Labute approximate surface area is 205 Å². The molecule has 0 unspecified atom stereocenters. The van der Waals surface area contributed by atoms with E-state index in [-0.39, 0.29) is 16.9 Å². The molecule has 1 aliphatic heterocycles. The summed E-state index contributed by atoms with van der Waals surface area (Å²) in [6.45, 7) is 3.45. The Morgan fingerprint density at radius 1 is 1.14 bits per heavy atom. The van der Waals surface area contributed by atoms with Crippen molar-refractivity contribution in [2.75, 3.05) is 17.8 Å². The second-order valence-electron chi connectivity index (χ2n) is 8.44. The molecule has 2 aromatic heterocycles. The summed E-state index contributed by atoms with van der Waals surface area (Å²) in [7, 11) is -4.48. The first-order valence-corrected chi connectivity index (χ1v) is 12.7. The van der Waals surface area contributed by atoms with Gasteiger partial charge in [-0.05, 0) is 54.8 Å². The van der Waals surface area contributed by atoms with E-state index in [0.717, 1.165) is 54.4 Å². The van der Waals surface area contributed by atoms with Crippen molar-refractivity contribution >= 4 is 32.5 Å². The number of anilines is 1. The van der Waals surface area contributed by atoms with Crippen molar-refractivity contribution < 1.29 is 21.6 Å². The van der Waals surface area contributed by atoms with Crippen LogP contribution in [0, 0.1) is 11.8 Å². The number of benzene rings is 2. The maximum atomic E-state index is 15.1. The van der Waals surface area contributed by atoms with Gasteiger partial charge in [0.25, 0.3) is 10.0 Å². The zero-order chi connectivity index (χ0) is 25.4. The molecular weight excluding hydrogens is 490 g/mol. The van der Waals surface area contributed by atoms with E-state index in [1.165, 1.54) is 16.7 Å². The molecule has 0 radical (unpaired) electrons. The van der Waals surface area contributed by atoms with Crippen molar-refractivity contribution in [3.05, 3.63) is 94.1 Å². The van der Waals surface area contributed by atoms with Crippen molar-refractivity contribution in [1.29, 1.82) is 0 Å². The highest BCUT2D eigenvalue weighted by molar-refractivity contribution is 7.92. The molecule has 3 heterocycles. The molecule has 0 fully saturated rings. The Balaban J connectivity index is 1.52. The zero-order valence-electron chi connectivity index (χ0n) is 19.2. The van der Waals surface area contributed by atoms with Crippen LogP contribution >= 0.6 is 0 Å². The molecule has 0 saturated carbocycles. The fourth-order valence-corrected chi connectivity index (χ4v) is 5.35. The number of aromatic nitrogens is 2. The lowest BCUT2D eigenvalue weighted by Crippen LogP contribution is -2.22. The van der Waals surface area contributed by atoms with Crippen LogP contribution in [0.5, 0.6) is 0 Å². The predicted molar refractivity (Wildman–Crippen MR) is 131 cm³/mol. The summed E-state index contributed by atoms with van der Waals surface area (Å²) in [5.41, 5.74) is 2.98. The molecule has 2 aromatic carbocycles. The summed E-state index contributed by atoms with van der Waals surface area (Å²) >= 11 is 0. The molecule has 0 amide bonds. The van der Waals surface area contributed by atoms with Gasteiger partial charge in [-0.1, -0.05) is 30.3 Å². The average molecular weight is 513 g/mol. The fraction of sp³-hybridized carbons (Fsp3) is 0.200. The van der Waals surface area contributed by atoms with Crippen LogP contribution in [0.15, 0.2) is 74.8 Å². The van der Waals surface area contributed by atoms with Gasteiger partial charge in [-0.25, -0.2) is 22.6 Å². The van der Waals surface area contributed by atoms with E-state index in [1.807, 2.05) is 29.0 Å². The first-order valence-electron chi connectivity index (χ1n) is 11.2. The Morgan fingerprint density at radius 3 is 2.69 bits per heavy atom. The number of rotatable bonds is 6. The van der Waals surface area contributed by atoms with Crippen LogP contribution in [0.3, 0.4) is 0 Å². The summed E-state index contributed by atoms with van der Waals surface area (Å²) < 4.78 is 62.6. The summed E-state index contributed by atoms with van der Waals surface area (Å²) in [5.74, 6) is -3.07. The molecule has 0 aliphatic carbocycles. The lowest BCUT2D eigenvalue weighted by Gasteiger charge is -2.18. The highest BCUT2D eigenvalue weighted by Crippen LogP contribution is 2.29. The fourth-order valence-electron chi connectivity index (χ4n) is 4.28. The van der Waals surface area contributed by atoms with Crippen molar-refractivity contribution in [2.24, 2.45) is 0 Å². The number of hydrogen-bond acceptors (Lipinski definition) is 6. The van der Waals surface area contributed by atoms with Crippen LogP contribution in [0.25, 0.3) is 16.7 Å². The lowest BCUT2D eigenvalue weighted by molar-refractivity contribution is 0.489. The van der Waals surface area contributed by atoms with Crippen molar-refractivity contribution in [3.8, 4) is 0 Å². The van der Waals surface area contributed by atoms with Crippen LogP contribution in [0.2, 0.25) is 0 Å². The van der Waals surface area contributed by atoms with Crippen LogP contribution in [0.4, 0.5) is 14.6 Å². The molecule has 36 heavy (non-hydrogen) atoms. The van der Waals surface area contributed by atoms with E-state index in [0.29, 0.717) is 0 Å². The minimum Gasteiger partial charge on any atom is -0.408 e. The van der Waals surface area contributed by atoms with E-state index < -0.39 is 38.5 Å². The first-order chi connectivity index (χ1) is 17.2. The molecule has 2 N–H and O–H groups in total. The largest absolute Gasteiger partial charge is 0.420 e. The van der Waals surface area contributed by atoms with Crippen molar-refractivity contribution in [1.82, 2.24) is 14.9 Å². The summed E-state index contributed by atoms with van der Waals surface area (Å²) in [6.07, 6.45) is 3.10. The molecule has 0 saturated heterocycles. The van der Waals surface area contributed by atoms with Gasteiger partial charge in [0.2, 0.25) is 5.95 Å². The Kier molecular flexibility index (Phi) is 6.19. The highest BCUT2D eigenvalue weighted by Gasteiger charge is 2.25. The highest BCUT2D eigenvalue weighted by atomic mass is 32.2. The van der Waals surface area contributed by atoms with E-state index in [4.69, 9.17) is 4.42 Å². The van der Waals surface area contributed by atoms with Crippen LogP contribution < -0.4 is 15.8 Å². The van der Waals surface area contributed by atoms with E-state index in [1.54, 1.807) is 6.92 Å². The van der Waals surface area contributed by atoms with Crippen molar-refractivity contribution in [2.45, 2.75) is 24.3 Å². The summed E-state index contributed by atoms with van der Waals surface area (Å²) in [6, 6.07) is 12.6. The number of pyridine rings is 1. The lowest BCUT2D eigenvalue weighted by atomic mass is 9.98. The van der Waals surface area contributed by atoms with Gasteiger partial charge >= 0.3 is 5.76 Å². The smallest absolute Gasteiger partial charge is 0.408 e. The molecule has 1 aliphatic rings. The van der Waals surface area contributed by atoms with Gasteiger partial charge in [-0.15, -0.1) is 0 Å². The third-order valence-corrected chi connectivity index (χ3v) is 7.43. The number of hydrogen-bond donors (Lipinski definition) is 2. The predicted octanol–water partition coefficient (Wildman–Crippen LogP) is 4.05. The standard InChI is InChI=1S/C25H22F2N4O4S/c1-15(16-5-2-6-17(11-16)18-7-4-10-28-14-18)31-20-12-19(26)22(13-21(20)35-25(31)32)36(33,34)30-24-9-3-8-23(27)29-24/h2-3,5-9,11-13,15,28H,4,10,14H2,1H3,(H,29,30)/t15-/m1/s1. The Morgan fingerprint density at radius 2 is 1.94 bits per heavy atom. The van der Waals surface area contributed by atoms with Gasteiger partial charge in [0.05, 0.1) is 11.6 Å². The van der Waals surface area contributed by atoms with Gasteiger partial charge in [-0.3, -0.25) is 9.29 Å². The molecular formula is C25H22F2N4O4S. The monoisotopic (exact) mass is 512 g/mol. The van der Waals surface area contributed by atoms with Gasteiger partial charge in [-0.2, -0.15) is 4.39 Å². The van der Waals surface area contributed by atoms with E-state index in [9.17, 15) is 17.6 Å². The molecule has 186 valence electrons. The van der Waals surface area contributed by atoms with Gasteiger partial charge < -0.3 is 9.73 Å². The quantitative estimate of drug-likeness (QED) is 0.378. The topological polar surface area (TPSA) is 106 Å². The third kappa shape index (κ3) is 4.54. The molecule has 4 aromatic rings. The van der Waals surface area contributed by atoms with Gasteiger partial charge in [0, 0.05) is 18.7 Å². The van der Waals surface area contributed by atoms with Crippen LogP contribution in [-0.4, -0.2) is 31.1 Å². The summed E-state index contributed by atoms with van der Waals surface area (Å²) in [4.78, 5) is 15.4. The molecule has 0 spiro atoms. The molecule has 8 nitrogen and oxygen atoms in total. The van der Waals surface area contributed by atoms with Crippen LogP contribution in [-0.2, 0) is 10.0 Å². The Bertz CT molecular complexity index is 1660. The minimum absolute atomic E-state index is 0.101. The minimum atomic E-state index is -4.48. The molecule has 5 rings (SSSR count). The first kappa shape index (κ1) is 23.9. The molecule has 0 bridgehead atoms.